The number of halogens is 2. The molecule has 7 nitrogen and oxygen atoms in total. The molecule has 0 saturated heterocycles. The Bertz CT molecular complexity index is 1060. The second-order valence-electron chi connectivity index (χ2n) is 11.2. The number of amidine groups is 1. The SMILES string of the molecule is COC1CC2NC(C)N=C(NC(C)C3=CCCC(C(F)(F)CO)=C3)C2=CC1C1=CCC(C(=O)N(C)C)CC1. The number of aliphatic hydroxyl groups excluding tert-OH is 1. The van der Waals surface area contributed by atoms with Gasteiger partial charge in [0.15, 0.2) is 0 Å². The van der Waals surface area contributed by atoms with Crippen LogP contribution >= 0.6 is 0 Å². The van der Waals surface area contributed by atoms with Crippen LogP contribution in [0, 0.1) is 11.8 Å². The summed E-state index contributed by atoms with van der Waals surface area (Å²) in [5.74, 6) is -2.14. The number of aliphatic imine (C=N–C) groups is 1. The van der Waals surface area contributed by atoms with Crippen molar-refractivity contribution in [3.63, 3.8) is 0 Å². The maximum atomic E-state index is 14.2. The smallest absolute Gasteiger partial charge is 0.292 e. The van der Waals surface area contributed by atoms with E-state index in [9.17, 15) is 13.6 Å². The molecule has 1 heterocycles. The van der Waals surface area contributed by atoms with E-state index in [2.05, 4.69) is 22.8 Å². The molecule has 0 spiro atoms. The minimum absolute atomic E-state index is 0.0137. The minimum atomic E-state index is -3.21. The van der Waals surface area contributed by atoms with Crippen LogP contribution in [0.2, 0.25) is 0 Å². The topological polar surface area (TPSA) is 86.2 Å². The number of hydrogen-bond donors (Lipinski definition) is 3. The van der Waals surface area contributed by atoms with Gasteiger partial charge in [0.05, 0.1) is 12.3 Å². The van der Waals surface area contributed by atoms with Gasteiger partial charge in [0.25, 0.3) is 5.92 Å². The zero-order valence-corrected chi connectivity index (χ0v) is 23.1. The fourth-order valence-corrected chi connectivity index (χ4v) is 6.08. The lowest BCUT2D eigenvalue weighted by atomic mass is 9.75. The zero-order chi connectivity index (χ0) is 27.6. The second kappa shape index (κ2) is 11.8. The van der Waals surface area contributed by atoms with Crippen LogP contribution in [0.5, 0.6) is 0 Å². The predicted molar refractivity (Wildman–Crippen MR) is 145 cm³/mol. The lowest BCUT2D eigenvalue weighted by Crippen LogP contribution is -2.53. The molecule has 6 unspecified atom stereocenters. The van der Waals surface area contributed by atoms with Crippen LogP contribution in [-0.4, -0.2) is 79.8 Å². The van der Waals surface area contributed by atoms with E-state index < -0.39 is 12.5 Å². The number of aliphatic hydroxyl groups is 1. The standard InChI is InChI=1S/C29H42F2N4O3/c1-17(21-7-6-8-22(13-21)29(30,31)16-36)32-27-24-14-23(26(38-5)15-25(24)33-18(2)34-27)19-9-11-20(12-10-19)28(37)35(3)4/h7,9,13-14,17-18,20,23,25-26,33,36H,6,8,10-12,15-16H2,1-5H3,(H,32,34). The highest BCUT2D eigenvalue weighted by molar-refractivity contribution is 6.01. The monoisotopic (exact) mass is 532 g/mol. The molecule has 0 bridgehead atoms. The third-order valence-corrected chi connectivity index (χ3v) is 8.26. The number of rotatable bonds is 7. The lowest BCUT2D eigenvalue weighted by molar-refractivity contribution is -0.133. The molecule has 6 atom stereocenters. The Morgan fingerprint density at radius 1 is 1.34 bits per heavy atom. The molecule has 3 N–H and O–H groups in total. The molecular weight excluding hydrogens is 490 g/mol. The second-order valence-corrected chi connectivity index (χ2v) is 11.2. The highest BCUT2D eigenvalue weighted by Gasteiger charge is 2.39. The summed E-state index contributed by atoms with van der Waals surface area (Å²) in [6.45, 7) is 2.78. The summed E-state index contributed by atoms with van der Waals surface area (Å²) < 4.78 is 34.3. The van der Waals surface area contributed by atoms with Crippen molar-refractivity contribution in [2.75, 3.05) is 27.8 Å². The van der Waals surface area contributed by atoms with Gasteiger partial charge in [0.2, 0.25) is 5.91 Å². The number of fused-ring (bicyclic) bond motifs is 1. The first-order valence-corrected chi connectivity index (χ1v) is 13.7. The van der Waals surface area contributed by atoms with Crippen molar-refractivity contribution in [3.8, 4) is 0 Å². The number of methoxy groups -OCH3 is 1. The van der Waals surface area contributed by atoms with Gasteiger partial charge in [0.1, 0.15) is 12.4 Å². The molecular formula is C29H42F2N4O3. The van der Waals surface area contributed by atoms with Crippen molar-refractivity contribution in [1.29, 1.82) is 0 Å². The van der Waals surface area contributed by atoms with Crippen LogP contribution in [0.3, 0.4) is 0 Å². The van der Waals surface area contributed by atoms with E-state index >= 15 is 0 Å². The van der Waals surface area contributed by atoms with Crippen LogP contribution in [0.25, 0.3) is 0 Å². The maximum Gasteiger partial charge on any atom is 0.292 e. The van der Waals surface area contributed by atoms with E-state index in [1.807, 2.05) is 19.9 Å². The summed E-state index contributed by atoms with van der Waals surface area (Å²) in [5.41, 5.74) is 3.12. The number of nitrogens with one attached hydrogen (secondary N) is 2. The normalized spacial score (nSPS) is 30.6. The summed E-state index contributed by atoms with van der Waals surface area (Å²) in [6.07, 6.45) is 11.8. The van der Waals surface area contributed by atoms with Gasteiger partial charge in [0, 0.05) is 56.3 Å². The van der Waals surface area contributed by atoms with Gasteiger partial charge in [-0.15, -0.1) is 0 Å². The quantitative estimate of drug-likeness (QED) is 0.435. The van der Waals surface area contributed by atoms with E-state index in [0.29, 0.717) is 6.42 Å². The molecule has 0 fully saturated rings. The number of ether oxygens (including phenoxy) is 1. The minimum Gasteiger partial charge on any atom is -0.390 e. The van der Waals surface area contributed by atoms with Gasteiger partial charge in [-0.25, -0.2) is 4.99 Å². The molecule has 38 heavy (non-hydrogen) atoms. The molecule has 0 saturated carbocycles. The van der Waals surface area contributed by atoms with Gasteiger partial charge in [-0.3, -0.25) is 10.1 Å². The maximum absolute atomic E-state index is 14.2. The molecule has 4 rings (SSSR count). The Morgan fingerprint density at radius 2 is 2.11 bits per heavy atom. The van der Waals surface area contributed by atoms with E-state index in [-0.39, 0.29) is 54.1 Å². The fourth-order valence-electron chi connectivity index (χ4n) is 6.08. The largest absolute Gasteiger partial charge is 0.390 e. The molecule has 0 aromatic rings. The molecule has 0 aromatic heterocycles. The summed E-state index contributed by atoms with van der Waals surface area (Å²) in [4.78, 5) is 19.0. The van der Waals surface area contributed by atoms with Gasteiger partial charge >= 0.3 is 0 Å². The highest BCUT2D eigenvalue weighted by atomic mass is 19.3. The van der Waals surface area contributed by atoms with E-state index in [4.69, 9.17) is 14.8 Å². The number of alkyl halides is 2. The number of nitrogens with zero attached hydrogens (tertiary/aromatic N) is 2. The first-order chi connectivity index (χ1) is 18.0. The fraction of sp³-hybridized carbons (Fsp3) is 0.655. The van der Waals surface area contributed by atoms with Crippen LogP contribution < -0.4 is 10.6 Å². The summed E-state index contributed by atoms with van der Waals surface area (Å²) >= 11 is 0. The number of hydrogen-bond acceptors (Lipinski definition) is 6. The van der Waals surface area contributed by atoms with Crippen molar-refractivity contribution < 1.29 is 23.4 Å². The van der Waals surface area contributed by atoms with E-state index in [1.54, 1.807) is 26.1 Å². The Balaban J connectivity index is 1.56. The number of carbonyl (C=O) groups is 1. The molecule has 9 heteroatoms. The Labute approximate surface area is 224 Å². The molecule has 0 aromatic carbocycles. The van der Waals surface area contributed by atoms with E-state index in [1.165, 1.54) is 11.6 Å². The number of carbonyl (C=O) groups excluding carboxylic acids is 1. The average Bonchev–Trinajstić information content (AvgIpc) is 2.91. The Hall–Kier alpha value is -2.36. The van der Waals surface area contributed by atoms with Crippen LogP contribution in [0.4, 0.5) is 8.78 Å². The summed E-state index contributed by atoms with van der Waals surface area (Å²) in [7, 11) is 5.36. The highest BCUT2D eigenvalue weighted by Crippen LogP contribution is 2.38. The van der Waals surface area contributed by atoms with Crippen LogP contribution in [0.1, 0.15) is 52.4 Å². The molecule has 0 radical (unpaired) electrons. The average molecular weight is 533 g/mol. The Kier molecular flexibility index (Phi) is 8.89. The third-order valence-electron chi connectivity index (χ3n) is 8.26. The molecule has 1 aliphatic heterocycles. The van der Waals surface area contributed by atoms with Crippen molar-refractivity contribution in [2.45, 2.75) is 82.6 Å². The first kappa shape index (κ1) is 28.6. The van der Waals surface area contributed by atoms with Crippen molar-refractivity contribution >= 4 is 11.7 Å². The third kappa shape index (κ3) is 6.10. The molecule has 1 amide bonds. The van der Waals surface area contributed by atoms with Crippen molar-refractivity contribution in [1.82, 2.24) is 15.5 Å². The van der Waals surface area contributed by atoms with Crippen molar-refractivity contribution in [3.05, 3.63) is 46.6 Å². The van der Waals surface area contributed by atoms with Gasteiger partial charge in [-0.2, -0.15) is 8.78 Å². The van der Waals surface area contributed by atoms with Crippen LogP contribution in [-0.2, 0) is 9.53 Å². The molecule has 4 aliphatic rings. The number of allylic oxidation sites excluding steroid dienone is 2. The zero-order valence-electron chi connectivity index (χ0n) is 23.1. The first-order valence-electron chi connectivity index (χ1n) is 13.7. The molecule has 3 aliphatic carbocycles. The lowest BCUT2D eigenvalue weighted by Gasteiger charge is -2.41. The van der Waals surface area contributed by atoms with E-state index in [0.717, 1.165) is 42.7 Å². The van der Waals surface area contributed by atoms with Gasteiger partial charge in [-0.1, -0.05) is 29.9 Å². The van der Waals surface area contributed by atoms with Gasteiger partial charge in [-0.05, 0) is 57.9 Å². The Morgan fingerprint density at radius 3 is 2.74 bits per heavy atom. The predicted octanol–water partition coefficient (Wildman–Crippen LogP) is 3.73. The summed E-state index contributed by atoms with van der Waals surface area (Å²) in [6, 6.07) is -0.161. The van der Waals surface area contributed by atoms with Crippen LogP contribution in [0.15, 0.2) is 51.6 Å². The molecule has 210 valence electrons. The van der Waals surface area contributed by atoms with Crippen molar-refractivity contribution in [2.24, 2.45) is 16.8 Å². The number of amides is 1. The summed E-state index contributed by atoms with van der Waals surface area (Å²) in [5, 5.41) is 16.2. The van der Waals surface area contributed by atoms with Gasteiger partial charge < -0.3 is 20.1 Å².